The molecule has 1 aliphatic heterocycles. The van der Waals surface area contributed by atoms with E-state index in [2.05, 4.69) is 45.0 Å². The van der Waals surface area contributed by atoms with E-state index in [1.54, 1.807) is 0 Å². The van der Waals surface area contributed by atoms with E-state index in [4.69, 9.17) is 0 Å². The molecule has 0 spiro atoms. The fourth-order valence-electron chi connectivity index (χ4n) is 2.27. The van der Waals surface area contributed by atoms with Gasteiger partial charge in [0, 0.05) is 24.7 Å². The minimum atomic E-state index is 0.608. The predicted molar refractivity (Wildman–Crippen MR) is 57.9 cm³/mol. The summed E-state index contributed by atoms with van der Waals surface area (Å²) >= 11 is 0. The van der Waals surface area contributed by atoms with Gasteiger partial charge in [0.25, 0.3) is 0 Å². The van der Waals surface area contributed by atoms with Crippen LogP contribution in [0.3, 0.4) is 0 Å². The molecular weight excluding hydrogens is 160 g/mol. The van der Waals surface area contributed by atoms with Crippen LogP contribution in [0.25, 0.3) is 0 Å². The van der Waals surface area contributed by atoms with E-state index in [-0.39, 0.29) is 0 Å². The molecule has 1 fully saturated rings. The van der Waals surface area contributed by atoms with Crippen molar-refractivity contribution in [3.05, 3.63) is 0 Å². The second-order valence-corrected chi connectivity index (χ2v) is 4.89. The Labute approximate surface area is 82.7 Å². The molecule has 78 valence electrons. The number of hydrogen-bond acceptors (Lipinski definition) is 2. The lowest BCUT2D eigenvalue weighted by Gasteiger charge is -2.22. The lowest BCUT2D eigenvalue weighted by Crippen LogP contribution is -2.38. The topological polar surface area (TPSA) is 15.3 Å². The Morgan fingerprint density at radius 3 is 2.31 bits per heavy atom. The zero-order valence-corrected chi connectivity index (χ0v) is 9.67. The van der Waals surface area contributed by atoms with Crippen molar-refractivity contribution in [1.29, 1.82) is 0 Å². The van der Waals surface area contributed by atoms with Gasteiger partial charge in [0.05, 0.1) is 0 Å². The van der Waals surface area contributed by atoms with Crippen molar-refractivity contribution in [2.24, 2.45) is 5.92 Å². The molecule has 1 saturated heterocycles. The van der Waals surface area contributed by atoms with Gasteiger partial charge >= 0.3 is 0 Å². The van der Waals surface area contributed by atoms with Crippen LogP contribution in [0.5, 0.6) is 0 Å². The Hall–Kier alpha value is -0.0800. The first kappa shape index (κ1) is 11.0. The molecule has 3 atom stereocenters. The second kappa shape index (κ2) is 4.43. The molecule has 2 heteroatoms. The summed E-state index contributed by atoms with van der Waals surface area (Å²) in [5, 5.41) is 3.60. The molecule has 1 rings (SSSR count). The maximum absolute atomic E-state index is 3.60. The predicted octanol–water partition coefficient (Wildman–Crippen LogP) is 1.71. The molecule has 0 bridgehead atoms. The Bertz CT molecular complexity index is 146. The van der Waals surface area contributed by atoms with Gasteiger partial charge in [-0.1, -0.05) is 13.8 Å². The highest BCUT2D eigenvalue weighted by Gasteiger charge is 2.29. The fraction of sp³-hybridized carbons (Fsp3) is 1.00. The van der Waals surface area contributed by atoms with E-state index in [9.17, 15) is 0 Å². The summed E-state index contributed by atoms with van der Waals surface area (Å²) in [6.45, 7) is 10.3. The molecular formula is C11H24N2. The number of hydrogen-bond donors (Lipinski definition) is 1. The molecule has 2 nitrogen and oxygen atoms in total. The lowest BCUT2D eigenvalue weighted by atomic mass is 9.98. The summed E-state index contributed by atoms with van der Waals surface area (Å²) in [4.78, 5) is 2.46. The molecule has 0 saturated carbocycles. The van der Waals surface area contributed by atoms with Crippen LogP contribution < -0.4 is 5.32 Å². The third-order valence-corrected chi connectivity index (χ3v) is 3.22. The fourth-order valence-corrected chi connectivity index (χ4v) is 2.27. The van der Waals surface area contributed by atoms with E-state index < -0.39 is 0 Å². The average molecular weight is 184 g/mol. The van der Waals surface area contributed by atoms with E-state index in [1.165, 1.54) is 13.0 Å². The molecule has 1 aliphatic rings. The molecule has 0 aromatic carbocycles. The van der Waals surface area contributed by atoms with E-state index in [1.807, 2.05) is 0 Å². The lowest BCUT2D eigenvalue weighted by molar-refractivity contribution is 0.311. The Morgan fingerprint density at radius 1 is 1.31 bits per heavy atom. The quantitative estimate of drug-likeness (QED) is 0.718. The van der Waals surface area contributed by atoms with Crippen LogP contribution in [0, 0.1) is 5.92 Å². The first-order chi connectivity index (χ1) is 6.00. The highest BCUT2D eigenvalue weighted by Crippen LogP contribution is 2.23. The van der Waals surface area contributed by atoms with Gasteiger partial charge in [-0.15, -0.1) is 0 Å². The van der Waals surface area contributed by atoms with Gasteiger partial charge < -0.3 is 10.2 Å². The van der Waals surface area contributed by atoms with Gasteiger partial charge in [-0.3, -0.25) is 0 Å². The molecule has 0 aliphatic carbocycles. The van der Waals surface area contributed by atoms with Crippen LogP contribution in [-0.2, 0) is 0 Å². The summed E-state index contributed by atoms with van der Waals surface area (Å²) in [5.41, 5.74) is 0. The zero-order chi connectivity index (χ0) is 10.0. The Morgan fingerprint density at radius 2 is 1.92 bits per heavy atom. The van der Waals surface area contributed by atoms with Gasteiger partial charge in [0.1, 0.15) is 0 Å². The minimum Gasteiger partial charge on any atom is -0.312 e. The third-order valence-electron chi connectivity index (χ3n) is 3.22. The average Bonchev–Trinajstić information content (AvgIpc) is 2.31. The van der Waals surface area contributed by atoms with Crippen molar-refractivity contribution < 1.29 is 0 Å². The van der Waals surface area contributed by atoms with Crippen LogP contribution in [0.4, 0.5) is 0 Å². The highest BCUT2D eigenvalue weighted by atomic mass is 15.2. The SMILES string of the molecule is CC(C)NC(C)[C@@H]1CC(C)N(C)C1. The summed E-state index contributed by atoms with van der Waals surface area (Å²) in [6.07, 6.45) is 1.34. The largest absolute Gasteiger partial charge is 0.312 e. The van der Waals surface area contributed by atoms with E-state index >= 15 is 0 Å². The summed E-state index contributed by atoms with van der Waals surface area (Å²) in [7, 11) is 2.23. The number of nitrogens with one attached hydrogen (secondary N) is 1. The molecule has 0 aromatic rings. The minimum absolute atomic E-state index is 0.608. The van der Waals surface area contributed by atoms with Crippen molar-refractivity contribution in [1.82, 2.24) is 10.2 Å². The van der Waals surface area contributed by atoms with Crippen LogP contribution in [0.15, 0.2) is 0 Å². The molecule has 13 heavy (non-hydrogen) atoms. The van der Waals surface area contributed by atoms with E-state index in [0.717, 1.165) is 12.0 Å². The molecule has 0 aromatic heterocycles. The summed E-state index contributed by atoms with van der Waals surface area (Å²) in [5.74, 6) is 0.836. The van der Waals surface area contributed by atoms with Crippen molar-refractivity contribution in [3.63, 3.8) is 0 Å². The monoisotopic (exact) mass is 184 g/mol. The summed E-state index contributed by atoms with van der Waals surface area (Å²) in [6, 6.07) is 2.03. The highest BCUT2D eigenvalue weighted by molar-refractivity contribution is 4.86. The smallest absolute Gasteiger partial charge is 0.00821 e. The van der Waals surface area contributed by atoms with Crippen LogP contribution in [-0.4, -0.2) is 36.6 Å². The van der Waals surface area contributed by atoms with Crippen LogP contribution in [0.1, 0.15) is 34.1 Å². The van der Waals surface area contributed by atoms with Gasteiger partial charge in [0.15, 0.2) is 0 Å². The normalized spacial score (nSPS) is 32.8. The maximum atomic E-state index is 3.60. The third kappa shape index (κ3) is 2.96. The molecule has 2 unspecified atom stereocenters. The number of rotatable bonds is 3. The molecule has 0 amide bonds. The van der Waals surface area contributed by atoms with Gasteiger partial charge in [-0.25, -0.2) is 0 Å². The van der Waals surface area contributed by atoms with Crippen molar-refractivity contribution >= 4 is 0 Å². The van der Waals surface area contributed by atoms with Gasteiger partial charge in [-0.2, -0.15) is 0 Å². The summed E-state index contributed by atoms with van der Waals surface area (Å²) < 4.78 is 0. The van der Waals surface area contributed by atoms with Crippen molar-refractivity contribution in [2.45, 2.75) is 52.2 Å². The zero-order valence-electron chi connectivity index (χ0n) is 9.67. The van der Waals surface area contributed by atoms with Crippen LogP contribution >= 0.6 is 0 Å². The van der Waals surface area contributed by atoms with Crippen molar-refractivity contribution in [2.75, 3.05) is 13.6 Å². The Kier molecular flexibility index (Phi) is 3.74. The first-order valence-corrected chi connectivity index (χ1v) is 5.47. The van der Waals surface area contributed by atoms with Gasteiger partial charge in [0.2, 0.25) is 0 Å². The molecule has 1 N–H and O–H groups in total. The van der Waals surface area contributed by atoms with E-state index in [0.29, 0.717) is 12.1 Å². The molecule has 1 heterocycles. The standard InChI is InChI=1S/C11H24N2/c1-8(2)12-10(4)11-6-9(3)13(5)7-11/h8-12H,6-7H2,1-5H3/t9?,10?,11-/m1/s1. The molecule has 0 radical (unpaired) electrons. The van der Waals surface area contributed by atoms with Crippen LogP contribution in [0.2, 0.25) is 0 Å². The second-order valence-electron chi connectivity index (χ2n) is 4.89. The maximum Gasteiger partial charge on any atom is 0.00821 e. The van der Waals surface area contributed by atoms with Crippen molar-refractivity contribution in [3.8, 4) is 0 Å². The number of nitrogens with zero attached hydrogens (tertiary/aromatic N) is 1. The first-order valence-electron chi connectivity index (χ1n) is 5.47. The van der Waals surface area contributed by atoms with Gasteiger partial charge in [-0.05, 0) is 33.2 Å². The Balaban J connectivity index is 2.37. The number of likely N-dealkylation sites (tertiary alicyclic amines) is 1.